The SMILES string of the molecule is Cc1c(Br)c(F)cc2c1CC(=O)C(C)(C)N2. The molecule has 0 atom stereocenters. The van der Waals surface area contributed by atoms with Crippen molar-refractivity contribution < 1.29 is 9.18 Å². The number of rotatable bonds is 0. The molecule has 1 aliphatic heterocycles. The molecule has 0 saturated carbocycles. The Hall–Kier alpha value is -0.900. The summed E-state index contributed by atoms with van der Waals surface area (Å²) in [6.07, 6.45) is 0.361. The average molecular weight is 286 g/mol. The summed E-state index contributed by atoms with van der Waals surface area (Å²) < 4.78 is 14.0. The number of nitrogens with one attached hydrogen (secondary N) is 1. The number of anilines is 1. The predicted molar refractivity (Wildman–Crippen MR) is 65.2 cm³/mol. The van der Waals surface area contributed by atoms with E-state index in [1.54, 1.807) is 0 Å². The van der Waals surface area contributed by atoms with Gasteiger partial charge in [-0.3, -0.25) is 4.79 Å². The van der Waals surface area contributed by atoms with Crippen molar-refractivity contribution in [1.82, 2.24) is 0 Å². The molecule has 0 radical (unpaired) electrons. The van der Waals surface area contributed by atoms with Crippen molar-refractivity contribution in [3.8, 4) is 0 Å². The van der Waals surface area contributed by atoms with Gasteiger partial charge in [0.25, 0.3) is 0 Å². The minimum atomic E-state index is -0.611. The number of Topliss-reactive ketones (excluding diaryl/α,β-unsaturated/α-hetero) is 1. The van der Waals surface area contributed by atoms with E-state index in [9.17, 15) is 9.18 Å². The first-order valence-corrected chi connectivity index (χ1v) is 5.91. The smallest absolute Gasteiger partial charge is 0.162 e. The molecule has 86 valence electrons. The van der Waals surface area contributed by atoms with Gasteiger partial charge in [-0.1, -0.05) is 0 Å². The Balaban J connectivity index is 2.61. The van der Waals surface area contributed by atoms with E-state index >= 15 is 0 Å². The van der Waals surface area contributed by atoms with Gasteiger partial charge < -0.3 is 5.32 Å². The van der Waals surface area contributed by atoms with E-state index in [0.717, 1.165) is 16.8 Å². The minimum Gasteiger partial charge on any atom is -0.373 e. The van der Waals surface area contributed by atoms with Crippen LogP contribution in [0.1, 0.15) is 25.0 Å². The highest BCUT2D eigenvalue weighted by atomic mass is 79.9. The van der Waals surface area contributed by atoms with Gasteiger partial charge in [-0.2, -0.15) is 0 Å². The third-order valence-electron chi connectivity index (χ3n) is 3.07. The first kappa shape index (κ1) is 11.6. The predicted octanol–water partition coefficient (Wildman–Crippen LogP) is 3.21. The van der Waals surface area contributed by atoms with Crippen molar-refractivity contribution in [1.29, 1.82) is 0 Å². The number of ketones is 1. The van der Waals surface area contributed by atoms with Crippen molar-refractivity contribution in [2.24, 2.45) is 0 Å². The van der Waals surface area contributed by atoms with E-state index < -0.39 is 5.54 Å². The zero-order valence-electron chi connectivity index (χ0n) is 9.45. The summed E-state index contributed by atoms with van der Waals surface area (Å²) in [6.45, 7) is 5.44. The van der Waals surface area contributed by atoms with Crippen molar-refractivity contribution in [3.63, 3.8) is 0 Å². The van der Waals surface area contributed by atoms with Crippen LogP contribution in [0.4, 0.5) is 10.1 Å². The minimum absolute atomic E-state index is 0.126. The molecule has 0 aliphatic carbocycles. The van der Waals surface area contributed by atoms with Crippen LogP contribution in [-0.2, 0) is 11.2 Å². The number of fused-ring (bicyclic) bond motifs is 1. The molecular weight excluding hydrogens is 273 g/mol. The second-order valence-corrected chi connectivity index (χ2v) is 5.47. The Morgan fingerprint density at radius 3 is 2.75 bits per heavy atom. The van der Waals surface area contributed by atoms with E-state index in [1.165, 1.54) is 6.07 Å². The summed E-state index contributed by atoms with van der Waals surface area (Å²) >= 11 is 3.19. The van der Waals surface area contributed by atoms with Crippen LogP contribution in [0, 0.1) is 12.7 Å². The molecule has 0 bridgehead atoms. The highest BCUT2D eigenvalue weighted by molar-refractivity contribution is 9.10. The molecule has 0 aromatic heterocycles. The number of carbonyl (C=O) groups excluding carboxylic acids is 1. The van der Waals surface area contributed by atoms with Crippen LogP contribution in [0.25, 0.3) is 0 Å². The quantitative estimate of drug-likeness (QED) is 0.793. The highest BCUT2D eigenvalue weighted by Crippen LogP contribution is 2.35. The maximum atomic E-state index is 13.5. The Bertz CT molecular complexity index is 482. The zero-order chi connectivity index (χ0) is 12.1. The van der Waals surface area contributed by atoms with Gasteiger partial charge in [0.05, 0.1) is 10.0 Å². The van der Waals surface area contributed by atoms with E-state index in [-0.39, 0.29) is 11.6 Å². The summed E-state index contributed by atoms with van der Waals surface area (Å²) in [5.74, 6) is -0.171. The molecule has 1 heterocycles. The number of hydrogen-bond acceptors (Lipinski definition) is 2. The van der Waals surface area contributed by atoms with Crippen molar-refractivity contribution >= 4 is 27.4 Å². The van der Waals surface area contributed by atoms with Crippen LogP contribution >= 0.6 is 15.9 Å². The number of hydrogen-bond donors (Lipinski definition) is 1. The van der Waals surface area contributed by atoms with Crippen LogP contribution in [-0.4, -0.2) is 11.3 Å². The lowest BCUT2D eigenvalue weighted by Gasteiger charge is -2.33. The summed E-state index contributed by atoms with van der Waals surface area (Å²) in [7, 11) is 0. The lowest BCUT2D eigenvalue weighted by molar-refractivity contribution is -0.122. The normalized spacial score (nSPS) is 17.9. The molecule has 4 heteroatoms. The zero-order valence-corrected chi connectivity index (χ0v) is 11.0. The van der Waals surface area contributed by atoms with Crippen molar-refractivity contribution in [3.05, 3.63) is 27.5 Å². The first-order valence-electron chi connectivity index (χ1n) is 5.12. The number of benzene rings is 1. The van der Waals surface area contributed by atoms with Gasteiger partial charge in [0, 0.05) is 12.1 Å². The van der Waals surface area contributed by atoms with Crippen LogP contribution < -0.4 is 5.32 Å². The molecule has 1 aromatic carbocycles. The molecule has 0 saturated heterocycles. The third-order valence-corrected chi connectivity index (χ3v) is 4.04. The Morgan fingerprint density at radius 2 is 2.12 bits per heavy atom. The molecule has 0 unspecified atom stereocenters. The maximum Gasteiger partial charge on any atom is 0.162 e. The standard InChI is InChI=1S/C12H13BrFNO/c1-6-7-4-10(16)12(2,3)15-9(7)5-8(14)11(6)13/h5,15H,4H2,1-3H3. The molecular formula is C12H13BrFNO. The molecule has 16 heavy (non-hydrogen) atoms. The Kier molecular flexibility index (Phi) is 2.57. The van der Waals surface area contributed by atoms with Gasteiger partial charge in [-0.25, -0.2) is 4.39 Å². The summed E-state index contributed by atoms with van der Waals surface area (Å²) in [5, 5.41) is 3.08. The van der Waals surface area contributed by atoms with Crippen LogP contribution in [0.2, 0.25) is 0 Å². The van der Waals surface area contributed by atoms with Gasteiger partial charge in [0.1, 0.15) is 5.82 Å². The lowest BCUT2D eigenvalue weighted by atomic mass is 9.86. The van der Waals surface area contributed by atoms with E-state index in [4.69, 9.17) is 0 Å². The molecule has 0 amide bonds. The molecule has 1 aliphatic rings. The molecule has 0 spiro atoms. The van der Waals surface area contributed by atoms with Gasteiger partial charge in [-0.15, -0.1) is 0 Å². The van der Waals surface area contributed by atoms with Crippen LogP contribution in [0.5, 0.6) is 0 Å². The maximum absolute atomic E-state index is 13.5. The molecule has 1 aromatic rings. The highest BCUT2D eigenvalue weighted by Gasteiger charge is 2.34. The topological polar surface area (TPSA) is 29.1 Å². The summed E-state index contributed by atoms with van der Waals surface area (Å²) in [4.78, 5) is 11.9. The summed E-state index contributed by atoms with van der Waals surface area (Å²) in [5.41, 5.74) is 1.80. The lowest BCUT2D eigenvalue weighted by Crippen LogP contribution is -2.45. The van der Waals surface area contributed by atoms with Crippen molar-refractivity contribution in [2.45, 2.75) is 32.7 Å². The van der Waals surface area contributed by atoms with Crippen LogP contribution in [0.15, 0.2) is 10.5 Å². The largest absolute Gasteiger partial charge is 0.373 e. The fourth-order valence-corrected chi connectivity index (χ4v) is 2.27. The van der Waals surface area contributed by atoms with Gasteiger partial charge in [0.2, 0.25) is 0 Å². The number of carbonyl (C=O) groups is 1. The van der Waals surface area contributed by atoms with E-state index in [2.05, 4.69) is 21.2 Å². The monoisotopic (exact) mass is 285 g/mol. The van der Waals surface area contributed by atoms with Crippen LogP contribution in [0.3, 0.4) is 0 Å². The van der Waals surface area contributed by atoms with Crippen molar-refractivity contribution in [2.75, 3.05) is 5.32 Å². The molecule has 1 N–H and O–H groups in total. The average Bonchev–Trinajstić information content (AvgIpc) is 2.18. The number of halogens is 2. The van der Waals surface area contributed by atoms with Gasteiger partial charge in [-0.05, 0) is 53.9 Å². The van der Waals surface area contributed by atoms with E-state index in [1.807, 2.05) is 20.8 Å². The molecule has 2 nitrogen and oxygen atoms in total. The fraction of sp³-hybridized carbons (Fsp3) is 0.417. The first-order chi connectivity index (χ1) is 7.33. The Morgan fingerprint density at radius 1 is 1.50 bits per heavy atom. The fourth-order valence-electron chi connectivity index (χ4n) is 1.92. The Labute approximate surface area is 102 Å². The second-order valence-electron chi connectivity index (χ2n) is 4.67. The second kappa shape index (κ2) is 3.55. The molecule has 2 rings (SSSR count). The van der Waals surface area contributed by atoms with Gasteiger partial charge in [0.15, 0.2) is 5.78 Å². The van der Waals surface area contributed by atoms with E-state index in [0.29, 0.717) is 10.9 Å². The van der Waals surface area contributed by atoms with Gasteiger partial charge >= 0.3 is 0 Å². The third kappa shape index (κ3) is 1.65. The molecule has 0 fully saturated rings. The summed E-state index contributed by atoms with van der Waals surface area (Å²) in [6, 6.07) is 1.45.